The van der Waals surface area contributed by atoms with Crippen LogP contribution in [0.25, 0.3) is 0 Å². The minimum atomic E-state index is -3.76. The van der Waals surface area contributed by atoms with Gasteiger partial charge in [0.15, 0.2) is 11.6 Å². The molecule has 0 aliphatic carbocycles. The maximum Gasteiger partial charge on any atom is 0.238 e. The van der Waals surface area contributed by atoms with Gasteiger partial charge in [0.1, 0.15) is 0 Å². The average molecular weight is 395 g/mol. The van der Waals surface area contributed by atoms with Crippen molar-refractivity contribution in [3.8, 4) is 0 Å². The maximum absolute atomic E-state index is 14.3. The standard InChI is InChI=1S/C17H22FN5O3S/c1-11-9-23(10-17(2,3)26-11)15-14(18)8-20-16(22-15)21-12-4-6-13(7-5-12)27(19,24)25/h4-8,11H,9-10H2,1-3H3,(H2,19,24,25)(H,20,21,22)/t11-/m0/s1. The highest BCUT2D eigenvalue weighted by atomic mass is 32.2. The molecule has 1 saturated heterocycles. The van der Waals surface area contributed by atoms with E-state index in [0.717, 1.165) is 6.20 Å². The Hall–Kier alpha value is -2.30. The molecule has 0 unspecified atom stereocenters. The number of nitrogens with one attached hydrogen (secondary N) is 1. The zero-order chi connectivity index (χ0) is 19.8. The molecule has 0 saturated carbocycles. The summed E-state index contributed by atoms with van der Waals surface area (Å²) in [5.41, 5.74) is 0.127. The topological polar surface area (TPSA) is 110 Å². The van der Waals surface area contributed by atoms with Gasteiger partial charge in [-0.05, 0) is 45.0 Å². The van der Waals surface area contributed by atoms with E-state index in [4.69, 9.17) is 9.88 Å². The molecule has 146 valence electrons. The highest BCUT2D eigenvalue weighted by Gasteiger charge is 2.33. The van der Waals surface area contributed by atoms with Crippen LogP contribution in [0.1, 0.15) is 20.8 Å². The molecule has 1 aromatic carbocycles. The molecule has 2 aromatic rings. The van der Waals surface area contributed by atoms with Gasteiger partial charge in [0, 0.05) is 18.8 Å². The molecule has 10 heteroatoms. The van der Waals surface area contributed by atoms with E-state index >= 15 is 0 Å². The van der Waals surface area contributed by atoms with Crippen molar-refractivity contribution in [2.24, 2.45) is 5.14 Å². The Morgan fingerprint density at radius 3 is 2.59 bits per heavy atom. The monoisotopic (exact) mass is 395 g/mol. The Morgan fingerprint density at radius 2 is 2.00 bits per heavy atom. The molecule has 1 aromatic heterocycles. The fourth-order valence-electron chi connectivity index (χ4n) is 3.11. The molecule has 2 heterocycles. The van der Waals surface area contributed by atoms with E-state index in [1.165, 1.54) is 24.3 Å². The summed E-state index contributed by atoms with van der Waals surface area (Å²) in [5.74, 6) is -0.126. The lowest BCUT2D eigenvalue weighted by Gasteiger charge is -2.42. The van der Waals surface area contributed by atoms with E-state index in [1.807, 2.05) is 25.7 Å². The predicted octanol–water partition coefficient (Wildman–Crippen LogP) is 2.01. The number of nitrogens with two attached hydrogens (primary N) is 1. The normalized spacial score (nSPS) is 19.7. The summed E-state index contributed by atoms with van der Waals surface area (Å²) in [6, 6.07) is 5.81. The maximum atomic E-state index is 14.3. The first-order valence-electron chi connectivity index (χ1n) is 8.39. The number of sulfonamides is 1. The second-order valence-electron chi connectivity index (χ2n) is 7.13. The van der Waals surface area contributed by atoms with Crippen molar-refractivity contribution in [3.05, 3.63) is 36.3 Å². The smallest absolute Gasteiger partial charge is 0.238 e. The molecule has 1 atom stereocenters. The van der Waals surface area contributed by atoms with Gasteiger partial charge in [-0.3, -0.25) is 0 Å². The summed E-state index contributed by atoms with van der Waals surface area (Å²) in [4.78, 5) is 10.1. The molecule has 1 aliphatic rings. The number of primary sulfonamides is 1. The highest BCUT2D eigenvalue weighted by Crippen LogP contribution is 2.27. The molecule has 3 N–H and O–H groups in total. The molecule has 0 radical (unpaired) electrons. The number of benzene rings is 1. The van der Waals surface area contributed by atoms with E-state index in [0.29, 0.717) is 18.8 Å². The van der Waals surface area contributed by atoms with E-state index in [1.54, 1.807) is 0 Å². The van der Waals surface area contributed by atoms with Gasteiger partial charge in [-0.15, -0.1) is 0 Å². The van der Waals surface area contributed by atoms with Crippen molar-refractivity contribution in [2.75, 3.05) is 23.3 Å². The SMILES string of the molecule is C[C@H]1CN(c2nc(Nc3ccc(S(N)(=O)=O)cc3)ncc2F)CC(C)(C)O1. The number of hydrogen-bond donors (Lipinski definition) is 2. The van der Waals surface area contributed by atoms with Crippen LogP contribution in [0.2, 0.25) is 0 Å². The minimum Gasteiger partial charge on any atom is -0.369 e. The van der Waals surface area contributed by atoms with Gasteiger partial charge in [-0.1, -0.05) is 0 Å². The van der Waals surface area contributed by atoms with Gasteiger partial charge in [-0.25, -0.2) is 22.9 Å². The van der Waals surface area contributed by atoms with Gasteiger partial charge < -0.3 is 15.0 Å². The summed E-state index contributed by atoms with van der Waals surface area (Å²) in [7, 11) is -3.76. The first kappa shape index (κ1) is 19.5. The van der Waals surface area contributed by atoms with Crippen LogP contribution < -0.4 is 15.4 Å². The fourth-order valence-corrected chi connectivity index (χ4v) is 3.63. The van der Waals surface area contributed by atoms with E-state index in [9.17, 15) is 12.8 Å². The van der Waals surface area contributed by atoms with Gasteiger partial charge in [0.2, 0.25) is 16.0 Å². The summed E-state index contributed by atoms with van der Waals surface area (Å²) in [6.45, 7) is 6.83. The second-order valence-corrected chi connectivity index (χ2v) is 8.69. The number of rotatable bonds is 4. The zero-order valence-corrected chi connectivity index (χ0v) is 16.1. The highest BCUT2D eigenvalue weighted by molar-refractivity contribution is 7.89. The summed E-state index contributed by atoms with van der Waals surface area (Å²) < 4.78 is 42.8. The largest absolute Gasteiger partial charge is 0.369 e. The molecule has 8 nitrogen and oxygen atoms in total. The molecule has 27 heavy (non-hydrogen) atoms. The van der Waals surface area contributed by atoms with Crippen molar-refractivity contribution in [2.45, 2.75) is 37.4 Å². The molecule has 0 spiro atoms. The van der Waals surface area contributed by atoms with Crippen LogP contribution in [-0.4, -0.2) is 43.2 Å². The third kappa shape index (κ3) is 4.71. The third-order valence-electron chi connectivity index (χ3n) is 4.03. The van der Waals surface area contributed by atoms with Crippen LogP contribution in [0, 0.1) is 5.82 Å². The van der Waals surface area contributed by atoms with Gasteiger partial charge in [0.05, 0.1) is 22.8 Å². The van der Waals surface area contributed by atoms with Gasteiger partial charge in [0.25, 0.3) is 0 Å². The van der Waals surface area contributed by atoms with Crippen LogP contribution in [0.4, 0.5) is 21.8 Å². The van der Waals surface area contributed by atoms with Crippen LogP contribution in [0.5, 0.6) is 0 Å². The van der Waals surface area contributed by atoms with Crippen LogP contribution in [-0.2, 0) is 14.8 Å². The van der Waals surface area contributed by atoms with Crippen LogP contribution in [0.3, 0.4) is 0 Å². The number of nitrogens with zero attached hydrogens (tertiary/aromatic N) is 3. The Morgan fingerprint density at radius 1 is 1.33 bits per heavy atom. The second kappa shape index (κ2) is 7.02. The number of morpholine rings is 1. The van der Waals surface area contributed by atoms with E-state index in [2.05, 4.69) is 15.3 Å². The van der Waals surface area contributed by atoms with Crippen molar-refractivity contribution >= 4 is 27.5 Å². The lowest BCUT2D eigenvalue weighted by atomic mass is 10.1. The quantitative estimate of drug-likeness (QED) is 0.815. The van der Waals surface area contributed by atoms with Crippen LogP contribution in [0.15, 0.2) is 35.4 Å². The lowest BCUT2D eigenvalue weighted by molar-refractivity contribution is -0.0753. The summed E-state index contributed by atoms with van der Waals surface area (Å²) in [5, 5.41) is 8.02. The molecule has 3 rings (SSSR count). The molecule has 0 amide bonds. The fraction of sp³-hybridized carbons (Fsp3) is 0.412. The average Bonchev–Trinajstić information content (AvgIpc) is 2.54. The zero-order valence-electron chi connectivity index (χ0n) is 15.3. The lowest BCUT2D eigenvalue weighted by Crippen LogP contribution is -2.52. The van der Waals surface area contributed by atoms with Crippen molar-refractivity contribution < 1.29 is 17.5 Å². The van der Waals surface area contributed by atoms with Crippen molar-refractivity contribution in [3.63, 3.8) is 0 Å². The molecular formula is C17H22FN5O3S. The Kier molecular flexibility index (Phi) is 5.06. The Labute approximate surface area is 157 Å². The number of anilines is 3. The number of halogens is 1. The first-order valence-corrected chi connectivity index (χ1v) is 9.93. The molecular weight excluding hydrogens is 373 g/mol. The first-order chi connectivity index (χ1) is 12.5. The van der Waals surface area contributed by atoms with E-state index < -0.39 is 21.4 Å². The summed E-state index contributed by atoms with van der Waals surface area (Å²) >= 11 is 0. The summed E-state index contributed by atoms with van der Waals surface area (Å²) in [6.07, 6.45) is 1.04. The third-order valence-corrected chi connectivity index (χ3v) is 4.96. The van der Waals surface area contributed by atoms with Crippen molar-refractivity contribution in [1.82, 2.24) is 9.97 Å². The number of ether oxygens (including phenoxy) is 1. The van der Waals surface area contributed by atoms with Crippen LogP contribution >= 0.6 is 0 Å². The number of aromatic nitrogens is 2. The molecule has 1 aliphatic heterocycles. The van der Waals surface area contributed by atoms with Gasteiger partial charge >= 0.3 is 0 Å². The minimum absolute atomic E-state index is 0.00157. The Balaban J connectivity index is 1.83. The van der Waals surface area contributed by atoms with Gasteiger partial charge in [-0.2, -0.15) is 4.98 Å². The van der Waals surface area contributed by atoms with Crippen molar-refractivity contribution in [1.29, 1.82) is 0 Å². The predicted molar refractivity (Wildman–Crippen MR) is 99.9 cm³/mol. The van der Waals surface area contributed by atoms with E-state index in [-0.39, 0.29) is 22.8 Å². The Bertz CT molecular complexity index is 934. The molecule has 1 fully saturated rings. The number of hydrogen-bond acceptors (Lipinski definition) is 7. The molecule has 0 bridgehead atoms.